The van der Waals surface area contributed by atoms with E-state index in [0.717, 1.165) is 0 Å². The van der Waals surface area contributed by atoms with Crippen LogP contribution in [0.1, 0.15) is 0 Å². The van der Waals surface area contributed by atoms with Crippen molar-refractivity contribution in [3.63, 3.8) is 0 Å². The van der Waals surface area contributed by atoms with Gasteiger partial charge < -0.3 is 4.48 Å². The summed E-state index contributed by atoms with van der Waals surface area (Å²) in [4.78, 5) is 0. The molecular weight excluding hydrogens is 72.9 g/mol. The molecule has 0 aromatic carbocycles. The van der Waals surface area contributed by atoms with E-state index in [9.17, 15) is 0 Å². The Bertz CT molecular complexity index is 111. The lowest BCUT2D eigenvalue weighted by Gasteiger charge is -1.78. The van der Waals surface area contributed by atoms with E-state index in [-0.39, 0.29) is 0 Å². The molecule has 0 spiro atoms. The quantitative estimate of drug-likeness (QED) is 0.395. The van der Waals surface area contributed by atoms with Gasteiger partial charge in [0.1, 0.15) is 0 Å². The summed E-state index contributed by atoms with van der Waals surface area (Å²) >= 11 is 0. The molecule has 1 aromatic rings. The van der Waals surface area contributed by atoms with Crippen molar-refractivity contribution in [2.45, 2.75) is 0 Å². The van der Waals surface area contributed by atoms with Crippen molar-refractivity contribution in [2.75, 3.05) is 0 Å². The van der Waals surface area contributed by atoms with Crippen LogP contribution in [0.3, 0.4) is 0 Å². The summed E-state index contributed by atoms with van der Waals surface area (Å²) in [5.74, 6) is 0. The molecule has 0 aliphatic carbocycles. The average molecular weight is 76.9 g/mol. The maximum atomic E-state index is 5.19. The van der Waals surface area contributed by atoms with Gasteiger partial charge in [-0.1, -0.05) is 0 Å². The average Bonchev–Trinajstić information content (AvgIpc) is 1.86. The number of aromatic nitrogens is 1. The molecule has 0 saturated carbocycles. The van der Waals surface area contributed by atoms with E-state index in [1.54, 1.807) is 12.4 Å². The monoisotopic (exact) mass is 77.0 g/mol. The maximum Gasteiger partial charge on any atom is 0.233 e. The Morgan fingerprint density at radius 1 is 1.17 bits per heavy atom. The lowest BCUT2D eigenvalue weighted by Crippen LogP contribution is -1.80. The van der Waals surface area contributed by atoms with E-state index < -0.39 is 0 Å². The third-order valence-electron chi connectivity index (χ3n) is 0.628. The van der Waals surface area contributed by atoms with Gasteiger partial charge in [0, 0.05) is 0 Å². The molecule has 6 heavy (non-hydrogen) atoms. The minimum Gasteiger partial charge on any atom is -0.409 e. The summed E-state index contributed by atoms with van der Waals surface area (Å²) in [7, 11) is 5.19. The topological polar surface area (TPSA) is 4.93 Å². The largest absolute Gasteiger partial charge is 0.409 e. The van der Waals surface area contributed by atoms with Crippen LogP contribution < -0.4 is 0 Å². The van der Waals surface area contributed by atoms with Crippen LogP contribution in [0.2, 0.25) is 0 Å². The standard InChI is InChI=1S/C4H4BN/c5-6-3-1-2-4-6/h1-4H. The van der Waals surface area contributed by atoms with Gasteiger partial charge in [-0.15, -0.1) is 0 Å². The van der Waals surface area contributed by atoms with Crippen molar-refractivity contribution < 1.29 is 0 Å². The highest BCUT2D eigenvalue weighted by atomic mass is 14.8. The van der Waals surface area contributed by atoms with E-state index in [0.29, 0.717) is 0 Å². The smallest absolute Gasteiger partial charge is 0.233 e. The number of nitrogens with zero attached hydrogens (tertiary/aromatic N) is 1. The molecule has 0 aliphatic heterocycles. The zero-order valence-corrected chi connectivity index (χ0v) is 3.33. The summed E-state index contributed by atoms with van der Waals surface area (Å²) in [5.41, 5.74) is 0. The van der Waals surface area contributed by atoms with Gasteiger partial charge in [0.25, 0.3) is 0 Å². The van der Waals surface area contributed by atoms with Gasteiger partial charge >= 0.3 is 0 Å². The van der Waals surface area contributed by atoms with E-state index >= 15 is 0 Å². The first-order valence-corrected chi connectivity index (χ1v) is 1.77. The predicted octanol–water partition coefficient (Wildman–Crippen LogP) is 0.420. The molecule has 2 heteroatoms. The Hall–Kier alpha value is -0.655. The van der Waals surface area contributed by atoms with Gasteiger partial charge in [0.15, 0.2) is 0 Å². The second kappa shape index (κ2) is 1.21. The van der Waals surface area contributed by atoms with Crippen LogP contribution in [0.25, 0.3) is 0 Å². The molecule has 1 heterocycles. The lowest BCUT2D eigenvalue weighted by atomic mass is 10.4. The van der Waals surface area contributed by atoms with Crippen molar-refractivity contribution in [1.29, 1.82) is 0 Å². The number of rotatable bonds is 0. The molecule has 0 fully saturated rings. The Kier molecular flexibility index (Phi) is 0.711. The highest BCUT2D eigenvalue weighted by Crippen LogP contribution is 1.79. The number of hydrogen-bond donors (Lipinski definition) is 0. The fourth-order valence-corrected chi connectivity index (χ4v) is 0.348. The zero-order chi connectivity index (χ0) is 4.41. The molecular formula is C4H4BN. The molecule has 0 aliphatic rings. The fourth-order valence-electron chi connectivity index (χ4n) is 0.348. The second-order valence-electron chi connectivity index (χ2n) is 1.13. The van der Waals surface area contributed by atoms with E-state index in [2.05, 4.69) is 0 Å². The highest BCUT2D eigenvalue weighted by molar-refractivity contribution is 6.06. The molecule has 0 atom stereocenters. The van der Waals surface area contributed by atoms with E-state index in [1.165, 1.54) is 4.48 Å². The molecule has 28 valence electrons. The Labute approximate surface area is 38.0 Å². The Balaban J connectivity index is 3.05. The lowest BCUT2D eigenvalue weighted by molar-refractivity contribution is 1.26. The first kappa shape index (κ1) is 3.53. The van der Waals surface area contributed by atoms with Crippen molar-refractivity contribution in [3.05, 3.63) is 24.5 Å². The van der Waals surface area contributed by atoms with Crippen molar-refractivity contribution in [3.8, 4) is 0 Å². The van der Waals surface area contributed by atoms with Crippen LogP contribution >= 0.6 is 0 Å². The van der Waals surface area contributed by atoms with Gasteiger partial charge in [-0.3, -0.25) is 0 Å². The molecule has 0 amide bonds. The highest BCUT2D eigenvalue weighted by Gasteiger charge is 1.68. The number of hydrogen-bond acceptors (Lipinski definition) is 0. The normalized spacial score (nSPS) is 8.67. The van der Waals surface area contributed by atoms with Crippen LogP contribution in [0.5, 0.6) is 0 Å². The van der Waals surface area contributed by atoms with Crippen molar-refractivity contribution >= 4 is 7.98 Å². The van der Waals surface area contributed by atoms with Crippen LogP contribution in [0.15, 0.2) is 24.5 Å². The summed E-state index contributed by atoms with van der Waals surface area (Å²) in [6.45, 7) is 0. The second-order valence-corrected chi connectivity index (χ2v) is 1.13. The zero-order valence-electron chi connectivity index (χ0n) is 3.33. The van der Waals surface area contributed by atoms with Crippen molar-refractivity contribution in [1.82, 2.24) is 4.48 Å². The molecule has 1 rings (SSSR count). The van der Waals surface area contributed by atoms with Gasteiger partial charge in [0.2, 0.25) is 7.98 Å². The third-order valence-corrected chi connectivity index (χ3v) is 0.628. The van der Waals surface area contributed by atoms with Crippen LogP contribution in [-0.2, 0) is 0 Å². The van der Waals surface area contributed by atoms with Crippen molar-refractivity contribution in [2.24, 2.45) is 0 Å². The first-order valence-electron chi connectivity index (χ1n) is 1.77. The van der Waals surface area contributed by atoms with Crippen LogP contribution in [0, 0.1) is 0 Å². The molecule has 0 bridgehead atoms. The summed E-state index contributed by atoms with van der Waals surface area (Å²) in [6, 6.07) is 3.75. The van der Waals surface area contributed by atoms with Gasteiger partial charge in [-0.05, 0) is 24.5 Å². The third kappa shape index (κ3) is 0.457. The van der Waals surface area contributed by atoms with Gasteiger partial charge in [0.05, 0.1) is 0 Å². The summed E-state index contributed by atoms with van der Waals surface area (Å²) in [5, 5.41) is 0. The summed E-state index contributed by atoms with van der Waals surface area (Å²) < 4.78 is 1.50. The molecule has 1 aromatic heterocycles. The fraction of sp³-hybridized carbons (Fsp3) is 0. The maximum absolute atomic E-state index is 5.19. The van der Waals surface area contributed by atoms with E-state index in [1.807, 2.05) is 12.1 Å². The molecule has 1 nitrogen and oxygen atoms in total. The molecule has 2 radical (unpaired) electrons. The minimum absolute atomic E-state index is 1.50. The first-order chi connectivity index (χ1) is 2.89. The summed E-state index contributed by atoms with van der Waals surface area (Å²) in [6.07, 6.45) is 3.56. The van der Waals surface area contributed by atoms with E-state index in [4.69, 9.17) is 7.98 Å². The van der Waals surface area contributed by atoms with Crippen LogP contribution in [0.4, 0.5) is 0 Å². The molecule has 0 saturated heterocycles. The van der Waals surface area contributed by atoms with Gasteiger partial charge in [-0.25, -0.2) is 0 Å². The molecule has 0 N–H and O–H groups in total. The van der Waals surface area contributed by atoms with Gasteiger partial charge in [-0.2, -0.15) is 0 Å². The SMILES string of the molecule is [B]n1cccc1. The predicted molar refractivity (Wildman–Crippen MR) is 25.6 cm³/mol. The van der Waals surface area contributed by atoms with Crippen LogP contribution in [-0.4, -0.2) is 12.5 Å². The minimum atomic E-state index is 1.50. The Morgan fingerprint density at radius 3 is 1.83 bits per heavy atom. The molecule has 0 unspecified atom stereocenters. The Morgan fingerprint density at radius 2 is 1.67 bits per heavy atom.